The molecule has 0 aliphatic heterocycles. The zero-order chi connectivity index (χ0) is 23.8. The molecule has 6 heteroatoms. The van der Waals surface area contributed by atoms with Crippen LogP contribution in [-0.4, -0.2) is 35.5 Å². The molecule has 174 valence electrons. The molecule has 2 N–H and O–H groups in total. The Bertz CT molecular complexity index is 1040. The normalized spacial score (nSPS) is 11.0. The maximum Gasteiger partial charge on any atom is 0.347 e. The number of benzene rings is 3. The van der Waals surface area contributed by atoms with E-state index in [0.717, 1.165) is 5.56 Å². The Morgan fingerprint density at radius 3 is 2.12 bits per heavy atom. The van der Waals surface area contributed by atoms with Gasteiger partial charge in [0.25, 0.3) is 0 Å². The van der Waals surface area contributed by atoms with Gasteiger partial charge in [0.1, 0.15) is 29.4 Å². The number of hydrogen-bond acceptors (Lipinski definition) is 6. The van der Waals surface area contributed by atoms with Gasteiger partial charge in [0.05, 0.1) is 19.3 Å². The van der Waals surface area contributed by atoms with Crippen molar-refractivity contribution in [2.24, 2.45) is 0 Å². The molecule has 0 bridgehead atoms. The topological polar surface area (TPSA) is 85.2 Å². The molecule has 0 heterocycles. The highest BCUT2D eigenvalue weighted by molar-refractivity contribution is 5.96. The number of ether oxygens (including phenoxy) is 3. The van der Waals surface area contributed by atoms with Gasteiger partial charge in [-0.1, -0.05) is 48.5 Å². The van der Waals surface area contributed by atoms with Crippen LogP contribution in [0.15, 0.2) is 66.7 Å². The average Bonchev–Trinajstić information content (AvgIpc) is 2.81. The van der Waals surface area contributed by atoms with Crippen molar-refractivity contribution in [3.8, 4) is 17.2 Å². The van der Waals surface area contributed by atoms with Gasteiger partial charge in [0.2, 0.25) is 0 Å². The van der Waals surface area contributed by atoms with Crippen molar-refractivity contribution in [3.63, 3.8) is 0 Å². The van der Waals surface area contributed by atoms with E-state index in [2.05, 4.69) is 0 Å². The van der Waals surface area contributed by atoms with Crippen molar-refractivity contribution in [3.05, 3.63) is 89.0 Å². The minimum Gasteiger partial charge on any atom is -0.490 e. The largest absolute Gasteiger partial charge is 0.490 e. The molecule has 0 saturated carbocycles. The Hall–Kier alpha value is -3.35. The lowest BCUT2D eigenvalue weighted by molar-refractivity contribution is 0.0727. The van der Waals surface area contributed by atoms with Crippen molar-refractivity contribution < 1.29 is 29.2 Å². The zero-order valence-electron chi connectivity index (χ0n) is 19.2. The summed E-state index contributed by atoms with van der Waals surface area (Å²) in [6, 6.07) is 20.1. The lowest BCUT2D eigenvalue weighted by atomic mass is 9.93. The third kappa shape index (κ3) is 6.12. The molecule has 0 radical (unpaired) electrons. The average molecular weight is 451 g/mol. The Morgan fingerprint density at radius 1 is 0.939 bits per heavy atom. The minimum absolute atomic E-state index is 0.186. The molecular formula is C27H30O6. The predicted octanol–water partition coefficient (Wildman–Crippen LogP) is 4.65. The summed E-state index contributed by atoms with van der Waals surface area (Å²) < 4.78 is 17.7. The van der Waals surface area contributed by atoms with E-state index in [9.17, 15) is 15.0 Å². The maximum atomic E-state index is 13.3. The summed E-state index contributed by atoms with van der Waals surface area (Å²) in [5, 5.41) is 19.7. The molecule has 0 amide bonds. The zero-order valence-corrected chi connectivity index (χ0v) is 19.2. The first kappa shape index (κ1) is 24.3. The molecule has 33 heavy (non-hydrogen) atoms. The Balaban J connectivity index is 2.10. The summed E-state index contributed by atoms with van der Waals surface area (Å²) in [6.07, 6.45) is -0.186. The smallest absolute Gasteiger partial charge is 0.347 e. The number of para-hydroxylation sites is 1. The number of rotatable bonds is 10. The van der Waals surface area contributed by atoms with Gasteiger partial charge in [-0.05, 0) is 44.5 Å². The van der Waals surface area contributed by atoms with Crippen LogP contribution in [0.3, 0.4) is 0 Å². The third-order valence-electron chi connectivity index (χ3n) is 5.14. The van der Waals surface area contributed by atoms with Crippen LogP contribution < -0.4 is 14.2 Å². The van der Waals surface area contributed by atoms with Gasteiger partial charge >= 0.3 is 5.97 Å². The van der Waals surface area contributed by atoms with Crippen molar-refractivity contribution in [2.75, 3.05) is 13.2 Å². The van der Waals surface area contributed by atoms with E-state index in [1.807, 2.05) is 50.2 Å². The summed E-state index contributed by atoms with van der Waals surface area (Å²) in [5.74, 6) is -0.0162. The highest BCUT2D eigenvalue weighted by Gasteiger charge is 2.28. The quantitative estimate of drug-likeness (QED) is 0.346. The van der Waals surface area contributed by atoms with E-state index in [1.165, 1.54) is 0 Å². The second-order valence-corrected chi connectivity index (χ2v) is 8.00. The van der Waals surface area contributed by atoms with Gasteiger partial charge in [-0.2, -0.15) is 0 Å². The number of aliphatic hydroxyl groups is 2. The molecule has 0 atom stereocenters. The lowest BCUT2D eigenvalue weighted by Gasteiger charge is -2.24. The monoisotopic (exact) mass is 450 g/mol. The summed E-state index contributed by atoms with van der Waals surface area (Å²) >= 11 is 0. The standard InChI is InChI=1S/C27H30O6/c1-18(2)32-26-19(3)25(27(30)33-22-12-8-5-9-13-22)24(14-23(26)21(15-28)16-29)31-17-20-10-6-4-7-11-20/h4-14,18,21,28-29H,15-17H2,1-3H3. The van der Waals surface area contributed by atoms with Gasteiger partial charge in [0.15, 0.2) is 0 Å². The SMILES string of the molecule is Cc1c(OC(C)C)c(C(CO)CO)cc(OCc2ccccc2)c1C(=O)Oc1ccccc1. The minimum atomic E-state index is -0.587. The summed E-state index contributed by atoms with van der Waals surface area (Å²) in [7, 11) is 0. The number of carbonyl (C=O) groups is 1. The number of esters is 1. The molecule has 0 aliphatic carbocycles. The molecule has 0 saturated heterocycles. The molecule has 0 spiro atoms. The van der Waals surface area contributed by atoms with Crippen LogP contribution >= 0.6 is 0 Å². The van der Waals surface area contributed by atoms with Gasteiger partial charge < -0.3 is 24.4 Å². The summed E-state index contributed by atoms with van der Waals surface area (Å²) in [5.41, 5.74) is 2.27. The first-order chi connectivity index (χ1) is 15.9. The van der Waals surface area contributed by atoms with Gasteiger partial charge in [0, 0.05) is 17.0 Å². The van der Waals surface area contributed by atoms with E-state index in [0.29, 0.717) is 28.4 Å². The van der Waals surface area contributed by atoms with Crippen LogP contribution in [0, 0.1) is 6.92 Å². The van der Waals surface area contributed by atoms with E-state index in [4.69, 9.17) is 14.2 Å². The number of hydrogen-bond donors (Lipinski definition) is 2. The Labute approximate surface area is 194 Å². The highest BCUT2D eigenvalue weighted by atomic mass is 16.5. The number of aliphatic hydroxyl groups excluding tert-OH is 2. The first-order valence-electron chi connectivity index (χ1n) is 10.9. The maximum absolute atomic E-state index is 13.3. The van der Waals surface area contributed by atoms with E-state index >= 15 is 0 Å². The lowest BCUT2D eigenvalue weighted by Crippen LogP contribution is -2.19. The summed E-state index contributed by atoms with van der Waals surface area (Å²) in [6.45, 7) is 5.17. The number of carbonyl (C=O) groups excluding carboxylic acids is 1. The van der Waals surface area contributed by atoms with Crippen molar-refractivity contribution in [2.45, 2.75) is 39.4 Å². The second kappa shape index (κ2) is 11.5. The molecule has 0 unspecified atom stereocenters. The molecule has 3 aromatic rings. The van der Waals surface area contributed by atoms with Crippen LogP contribution in [-0.2, 0) is 6.61 Å². The fourth-order valence-electron chi connectivity index (χ4n) is 3.49. The van der Waals surface area contributed by atoms with E-state index in [-0.39, 0.29) is 31.5 Å². The van der Waals surface area contributed by atoms with Crippen molar-refractivity contribution in [1.29, 1.82) is 0 Å². The fraction of sp³-hybridized carbons (Fsp3) is 0.296. The van der Waals surface area contributed by atoms with E-state index in [1.54, 1.807) is 37.3 Å². The molecule has 3 rings (SSSR count). The van der Waals surface area contributed by atoms with Crippen LogP contribution in [0.25, 0.3) is 0 Å². The molecule has 6 nitrogen and oxygen atoms in total. The Kier molecular flexibility index (Phi) is 8.46. The second-order valence-electron chi connectivity index (χ2n) is 8.00. The molecule has 0 aromatic heterocycles. The highest BCUT2D eigenvalue weighted by Crippen LogP contribution is 2.39. The predicted molar refractivity (Wildman–Crippen MR) is 126 cm³/mol. The molecule has 3 aromatic carbocycles. The van der Waals surface area contributed by atoms with Gasteiger partial charge in [-0.15, -0.1) is 0 Å². The van der Waals surface area contributed by atoms with Crippen LogP contribution in [0.2, 0.25) is 0 Å². The molecule has 0 fully saturated rings. The van der Waals surface area contributed by atoms with Crippen LogP contribution in [0.5, 0.6) is 17.2 Å². The molecule has 0 aliphatic rings. The van der Waals surface area contributed by atoms with Crippen LogP contribution in [0.1, 0.15) is 46.8 Å². The van der Waals surface area contributed by atoms with Gasteiger partial charge in [-0.3, -0.25) is 0 Å². The van der Waals surface area contributed by atoms with Crippen molar-refractivity contribution in [1.82, 2.24) is 0 Å². The summed E-state index contributed by atoms with van der Waals surface area (Å²) in [4.78, 5) is 13.3. The third-order valence-corrected chi connectivity index (χ3v) is 5.14. The van der Waals surface area contributed by atoms with E-state index < -0.39 is 11.9 Å². The van der Waals surface area contributed by atoms with Gasteiger partial charge in [-0.25, -0.2) is 4.79 Å². The fourth-order valence-corrected chi connectivity index (χ4v) is 3.49. The van der Waals surface area contributed by atoms with Crippen molar-refractivity contribution >= 4 is 5.97 Å². The Morgan fingerprint density at radius 2 is 1.55 bits per heavy atom. The van der Waals surface area contributed by atoms with Crippen LogP contribution in [0.4, 0.5) is 0 Å². The molecular weight excluding hydrogens is 420 g/mol. The first-order valence-corrected chi connectivity index (χ1v) is 10.9.